The molecule has 0 aliphatic carbocycles. The molecule has 0 fully saturated rings. The Morgan fingerprint density at radius 2 is 1.53 bits per heavy atom. The molecule has 0 amide bonds. The minimum atomic E-state index is 0.241. The van der Waals surface area contributed by atoms with E-state index in [2.05, 4.69) is 84.0 Å². The summed E-state index contributed by atoms with van der Waals surface area (Å²) in [6.45, 7) is 2.12. The second kappa shape index (κ2) is 10.1. The van der Waals surface area contributed by atoms with Gasteiger partial charge in [0.25, 0.3) is 0 Å². The van der Waals surface area contributed by atoms with E-state index in [0.717, 1.165) is 33.4 Å². The fraction of sp³-hybridized carbons (Fsp3) is 0.103. The summed E-state index contributed by atoms with van der Waals surface area (Å²) in [5.41, 5.74) is 7.49. The normalized spacial score (nSPS) is 11.9. The molecule has 0 spiro atoms. The van der Waals surface area contributed by atoms with Crippen LogP contribution >= 0.6 is 0 Å². The molecule has 4 nitrogen and oxygen atoms in total. The SMILES string of the molecule is COc1ccccc1/C(=C(/C[Se]c1ccccc1)c1ccc(C)cc1)n1nnc2ccccc21. The van der Waals surface area contributed by atoms with Crippen molar-refractivity contribution >= 4 is 41.7 Å². The summed E-state index contributed by atoms with van der Waals surface area (Å²) in [6, 6.07) is 35.7. The van der Waals surface area contributed by atoms with Crippen LogP contribution in [-0.2, 0) is 0 Å². The predicted molar refractivity (Wildman–Crippen MR) is 141 cm³/mol. The first-order valence-corrected chi connectivity index (χ1v) is 13.2. The number of benzene rings is 4. The molecule has 0 aliphatic rings. The minimum absolute atomic E-state index is 0.241. The summed E-state index contributed by atoms with van der Waals surface area (Å²) in [5, 5.41) is 10.0. The van der Waals surface area contributed by atoms with E-state index in [1.54, 1.807) is 7.11 Å². The number of methoxy groups -OCH3 is 1. The monoisotopic (exact) mass is 511 g/mol. The van der Waals surface area contributed by atoms with Crippen LogP contribution in [0.2, 0.25) is 5.32 Å². The standard InChI is InChI=1S/C29H25N3OSe/c1-21-16-18-22(19-17-21)25(20-34-23-10-4-3-5-11-23)29(24-12-6-9-15-28(24)33-2)32-27-14-8-7-13-26(27)30-31-32/h3-19H,20H2,1-2H3/b29-25+. The van der Waals surface area contributed by atoms with Crippen LogP contribution in [0.4, 0.5) is 0 Å². The maximum atomic E-state index is 5.81. The molecule has 168 valence electrons. The van der Waals surface area contributed by atoms with Crippen molar-refractivity contribution in [2.45, 2.75) is 12.2 Å². The molecule has 0 bridgehead atoms. The van der Waals surface area contributed by atoms with Gasteiger partial charge in [0.2, 0.25) is 0 Å². The number of para-hydroxylation sites is 2. The van der Waals surface area contributed by atoms with E-state index >= 15 is 0 Å². The van der Waals surface area contributed by atoms with Crippen molar-refractivity contribution < 1.29 is 4.74 Å². The molecule has 4 aromatic carbocycles. The van der Waals surface area contributed by atoms with Crippen LogP contribution in [0.3, 0.4) is 0 Å². The number of ether oxygens (including phenoxy) is 1. The molecule has 0 aliphatic heterocycles. The average molecular weight is 510 g/mol. The number of hydrogen-bond acceptors (Lipinski definition) is 3. The summed E-state index contributed by atoms with van der Waals surface area (Å²) in [7, 11) is 1.72. The summed E-state index contributed by atoms with van der Waals surface area (Å²) in [4.78, 5) is 0. The third-order valence-corrected chi connectivity index (χ3v) is 7.92. The number of hydrogen-bond donors (Lipinski definition) is 0. The van der Waals surface area contributed by atoms with Gasteiger partial charge >= 0.3 is 206 Å². The molecule has 34 heavy (non-hydrogen) atoms. The van der Waals surface area contributed by atoms with Crippen LogP contribution < -0.4 is 9.20 Å². The quantitative estimate of drug-likeness (QED) is 0.211. The molecule has 1 heterocycles. The summed E-state index contributed by atoms with van der Waals surface area (Å²) < 4.78 is 9.15. The number of nitrogens with zero attached hydrogens (tertiary/aromatic N) is 3. The number of aryl methyl sites for hydroxylation is 1. The van der Waals surface area contributed by atoms with E-state index in [4.69, 9.17) is 4.74 Å². The van der Waals surface area contributed by atoms with Crippen molar-refractivity contribution in [3.05, 3.63) is 120 Å². The van der Waals surface area contributed by atoms with Gasteiger partial charge in [-0.1, -0.05) is 0 Å². The van der Waals surface area contributed by atoms with Crippen molar-refractivity contribution in [1.82, 2.24) is 15.0 Å². The van der Waals surface area contributed by atoms with E-state index in [-0.39, 0.29) is 15.0 Å². The summed E-state index contributed by atoms with van der Waals surface area (Å²) in [5.74, 6) is 0.814. The molecular formula is C29H25N3OSe. The molecular weight excluding hydrogens is 485 g/mol. The van der Waals surface area contributed by atoms with Gasteiger partial charge in [-0.3, -0.25) is 0 Å². The van der Waals surface area contributed by atoms with E-state index in [1.165, 1.54) is 21.2 Å². The number of fused-ring (bicyclic) bond motifs is 1. The summed E-state index contributed by atoms with van der Waals surface area (Å²) >= 11 is 0.241. The zero-order valence-corrected chi connectivity index (χ0v) is 20.9. The Hall–Kier alpha value is -3.66. The molecule has 0 radical (unpaired) electrons. The average Bonchev–Trinajstić information content (AvgIpc) is 3.31. The van der Waals surface area contributed by atoms with Crippen molar-refractivity contribution in [3.63, 3.8) is 0 Å². The first-order valence-electron chi connectivity index (χ1n) is 11.2. The van der Waals surface area contributed by atoms with Gasteiger partial charge in [-0.2, -0.15) is 0 Å². The first kappa shape index (κ1) is 22.1. The fourth-order valence-electron chi connectivity index (χ4n) is 3.99. The van der Waals surface area contributed by atoms with E-state index in [0.29, 0.717) is 0 Å². The fourth-order valence-corrected chi connectivity index (χ4v) is 6.02. The van der Waals surface area contributed by atoms with Crippen molar-refractivity contribution in [1.29, 1.82) is 0 Å². The molecule has 0 unspecified atom stereocenters. The van der Waals surface area contributed by atoms with Crippen LogP contribution in [0.1, 0.15) is 16.7 Å². The molecule has 0 N–H and O–H groups in total. The van der Waals surface area contributed by atoms with Gasteiger partial charge in [-0.05, 0) is 0 Å². The first-order chi connectivity index (χ1) is 16.7. The number of aromatic nitrogens is 3. The maximum absolute atomic E-state index is 5.81. The van der Waals surface area contributed by atoms with Gasteiger partial charge in [0.05, 0.1) is 0 Å². The Kier molecular flexibility index (Phi) is 6.57. The second-order valence-electron chi connectivity index (χ2n) is 7.99. The molecule has 0 saturated heterocycles. The van der Waals surface area contributed by atoms with Gasteiger partial charge in [-0.15, -0.1) is 0 Å². The Morgan fingerprint density at radius 1 is 0.824 bits per heavy atom. The van der Waals surface area contributed by atoms with Crippen LogP contribution in [0.25, 0.3) is 22.3 Å². The summed E-state index contributed by atoms with van der Waals surface area (Å²) in [6.07, 6.45) is 0. The van der Waals surface area contributed by atoms with Crippen LogP contribution in [-0.4, -0.2) is 37.1 Å². The van der Waals surface area contributed by atoms with Crippen LogP contribution in [0.15, 0.2) is 103 Å². The van der Waals surface area contributed by atoms with Gasteiger partial charge < -0.3 is 0 Å². The van der Waals surface area contributed by atoms with E-state index in [1.807, 2.05) is 41.1 Å². The molecule has 5 heteroatoms. The zero-order valence-electron chi connectivity index (χ0n) is 19.2. The predicted octanol–water partition coefficient (Wildman–Crippen LogP) is 5.61. The molecule has 5 rings (SSSR count). The topological polar surface area (TPSA) is 39.9 Å². The molecule has 1 aromatic heterocycles. The Bertz CT molecular complexity index is 1440. The molecule has 0 atom stereocenters. The van der Waals surface area contributed by atoms with Crippen LogP contribution in [0, 0.1) is 6.92 Å². The van der Waals surface area contributed by atoms with Crippen LogP contribution in [0.5, 0.6) is 5.75 Å². The Morgan fingerprint density at radius 3 is 2.32 bits per heavy atom. The van der Waals surface area contributed by atoms with E-state index < -0.39 is 0 Å². The zero-order chi connectivity index (χ0) is 23.3. The molecule has 0 saturated carbocycles. The van der Waals surface area contributed by atoms with Crippen molar-refractivity contribution in [2.24, 2.45) is 0 Å². The van der Waals surface area contributed by atoms with Gasteiger partial charge in [-0.25, -0.2) is 0 Å². The van der Waals surface area contributed by atoms with E-state index in [9.17, 15) is 0 Å². The number of rotatable bonds is 7. The Balaban J connectivity index is 1.79. The number of allylic oxidation sites excluding steroid dienone is 1. The second-order valence-corrected chi connectivity index (χ2v) is 10.2. The van der Waals surface area contributed by atoms with Gasteiger partial charge in [0, 0.05) is 0 Å². The Labute approximate surface area is 206 Å². The van der Waals surface area contributed by atoms with Gasteiger partial charge in [0.15, 0.2) is 0 Å². The van der Waals surface area contributed by atoms with Gasteiger partial charge in [0.1, 0.15) is 0 Å². The third kappa shape index (κ3) is 4.54. The van der Waals surface area contributed by atoms with Crippen molar-refractivity contribution in [3.8, 4) is 5.75 Å². The third-order valence-electron chi connectivity index (χ3n) is 5.74. The molecule has 5 aromatic rings. The van der Waals surface area contributed by atoms with Crippen molar-refractivity contribution in [2.75, 3.05) is 7.11 Å².